The maximum atomic E-state index is 13.1. The Morgan fingerprint density at radius 2 is 1.91 bits per heavy atom. The van der Waals surface area contributed by atoms with Crippen molar-refractivity contribution >= 4 is 28.9 Å². The van der Waals surface area contributed by atoms with Gasteiger partial charge in [0.25, 0.3) is 0 Å². The number of morpholine rings is 1. The highest BCUT2D eigenvalue weighted by Gasteiger charge is 2.54. The molecule has 2 saturated heterocycles. The van der Waals surface area contributed by atoms with E-state index in [9.17, 15) is 28.2 Å². The molecule has 0 aromatic heterocycles. The first kappa shape index (κ1) is 24.9. The Hall–Kier alpha value is -2.19. The van der Waals surface area contributed by atoms with Crippen molar-refractivity contribution in [3.05, 3.63) is 24.3 Å². The molecule has 1 aliphatic carbocycles. The third-order valence-corrected chi connectivity index (χ3v) is 6.68. The number of ether oxygens (including phenoxy) is 2. The number of carbonyl (C=O) groups excluding carboxylic acids is 1. The molecule has 1 amide bonds. The molecular formula is C21H27F3N4O5S. The molecule has 5 atom stereocenters. The van der Waals surface area contributed by atoms with Crippen LogP contribution >= 0.6 is 12.2 Å². The Bertz CT molecular complexity index is 884. The number of anilines is 1. The molecule has 188 valence electrons. The van der Waals surface area contributed by atoms with Crippen molar-refractivity contribution in [2.75, 3.05) is 44.3 Å². The summed E-state index contributed by atoms with van der Waals surface area (Å²) < 4.78 is 46.7. The van der Waals surface area contributed by atoms with E-state index in [2.05, 4.69) is 20.3 Å². The minimum absolute atomic E-state index is 0.0157. The number of hydrogen-bond donors (Lipinski definition) is 4. The molecular weight excluding hydrogens is 477 g/mol. The average molecular weight is 505 g/mol. The number of nitrogens with one attached hydrogen (secondary N) is 2. The largest absolute Gasteiger partial charge is 0.573 e. The van der Waals surface area contributed by atoms with Crippen molar-refractivity contribution < 1.29 is 37.7 Å². The number of thiocarbonyl (C=S) groups is 1. The van der Waals surface area contributed by atoms with Crippen LogP contribution < -0.4 is 20.3 Å². The van der Waals surface area contributed by atoms with Gasteiger partial charge in [0.2, 0.25) is 5.91 Å². The van der Waals surface area contributed by atoms with Crippen LogP contribution in [0.15, 0.2) is 24.3 Å². The van der Waals surface area contributed by atoms with Gasteiger partial charge in [-0.15, -0.1) is 13.2 Å². The summed E-state index contributed by atoms with van der Waals surface area (Å²) in [5.74, 6) is -1.39. The number of nitrogens with zero attached hydrogens (tertiary/aromatic N) is 2. The van der Waals surface area contributed by atoms with E-state index in [4.69, 9.17) is 17.0 Å². The number of fused-ring (bicyclic) bond motifs is 1. The molecule has 0 unspecified atom stereocenters. The highest BCUT2D eigenvalue weighted by Crippen LogP contribution is 2.37. The van der Waals surface area contributed by atoms with Gasteiger partial charge >= 0.3 is 6.36 Å². The van der Waals surface area contributed by atoms with E-state index in [0.29, 0.717) is 32.0 Å². The number of aliphatic hydroxyl groups excluding tert-OH is 2. The molecule has 3 aliphatic rings. The van der Waals surface area contributed by atoms with E-state index >= 15 is 0 Å². The summed E-state index contributed by atoms with van der Waals surface area (Å²) in [6, 6.07) is 3.76. The Morgan fingerprint density at radius 3 is 2.56 bits per heavy atom. The standard InChI is InChI=1S/C21H27F3N4O5S/c22-21(23,24)33-13-3-1-12(2-4-13)28-17-14(11-15(29)18(30)16(17)26-20(28)34)19(31)25-5-6-27-7-9-32-10-8-27/h1-4,14-18,29-30H,5-11H2,(H,25,31)(H,26,34)/t14-,15-,16-,17+,18+/m1/s1. The van der Waals surface area contributed by atoms with Crippen LogP contribution in [0.2, 0.25) is 0 Å². The SMILES string of the molecule is O=C(NCCN1CCOCC1)[C@@H]1C[C@@H](O)[C@H](O)[C@@H]2NC(=S)N(c3ccc(OC(F)(F)F)cc3)[C@H]21. The topological polar surface area (TPSA) is 107 Å². The number of rotatable bonds is 6. The third-order valence-electron chi connectivity index (χ3n) is 6.36. The Labute approximate surface area is 199 Å². The van der Waals surface area contributed by atoms with Crippen LogP contribution in [0.3, 0.4) is 0 Å². The lowest BCUT2D eigenvalue weighted by Gasteiger charge is -2.41. The van der Waals surface area contributed by atoms with Gasteiger partial charge in [-0.1, -0.05) is 0 Å². The minimum Gasteiger partial charge on any atom is -0.406 e. The molecule has 3 fully saturated rings. The molecule has 0 radical (unpaired) electrons. The molecule has 1 saturated carbocycles. The van der Waals surface area contributed by atoms with Crippen molar-refractivity contribution in [1.82, 2.24) is 15.5 Å². The average Bonchev–Trinajstić information content (AvgIpc) is 3.13. The summed E-state index contributed by atoms with van der Waals surface area (Å²) in [5.41, 5.74) is 0.439. The van der Waals surface area contributed by atoms with Gasteiger partial charge in [0, 0.05) is 31.9 Å². The number of amides is 1. The predicted molar refractivity (Wildman–Crippen MR) is 119 cm³/mol. The molecule has 13 heteroatoms. The van der Waals surface area contributed by atoms with Crippen molar-refractivity contribution in [3.63, 3.8) is 0 Å². The van der Waals surface area contributed by atoms with Crippen LogP contribution in [0.4, 0.5) is 18.9 Å². The predicted octanol–water partition coefficient (Wildman–Crippen LogP) is 0.207. The number of aliphatic hydroxyl groups is 2. The fourth-order valence-corrected chi connectivity index (χ4v) is 5.11. The first-order valence-corrected chi connectivity index (χ1v) is 11.4. The van der Waals surface area contributed by atoms with Gasteiger partial charge in [-0.3, -0.25) is 9.69 Å². The second-order valence-corrected chi connectivity index (χ2v) is 8.91. The van der Waals surface area contributed by atoms with Crippen LogP contribution in [0.5, 0.6) is 5.75 Å². The lowest BCUT2D eigenvalue weighted by Crippen LogP contribution is -2.61. The third kappa shape index (κ3) is 5.54. The number of carbonyl (C=O) groups is 1. The first-order valence-electron chi connectivity index (χ1n) is 11.0. The zero-order valence-electron chi connectivity index (χ0n) is 18.2. The zero-order valence-corrected chi connectivity index (χ0v) is 19.0. The first-order chi connectivity index (χ1) is 16.1. The summed E-state index contributed by atoms with van der Waals surface area (Å²) in [4.78, 5) is 16.9. The summed E-state index contributed by atoms with van der Waals surface area (Å²) in [6.45, 7) is 3.93. The molecule has 34 heavy (non-hydrogen) atoms. The van der Waals surface area contributed by atoms with Crippen LogP contribution in [0.25, 0.3) is 0 Å². The smallest absolute Gasteiger partial charge is 0.406 e. The monoisotopic (exact) mass is 504 g/mol. The van der Waals surface area contributed by atoms with E-state index in [0.717, 1.165) is 25.2 Å². The summed E-state index contributed by atoms with van der Waals surface area (Å²) in [7, 11) is 0. The zero-order chi connectivity index (χ0) is 24.5. The van der Waals surface area contributed by atoms with Crippen molar-refractivity contribution in [2.24, 2.45) is 5.92 Å². The second-order valence-electron chi connectivity index (χ2n) is 8.52. The van der Waals surface area contributed by atoms with Gasteiger partial charge in [0.15, 0.2) is 5.11 Å². The van der Waals surface area contributed by atoms with Gasteiger partial charge in [0.05, 0.1) is 37.3 Å². The van der Waals surface area contributed by atoms with E-state index in [1.165, 1.54) is 12.1 Å². The fraction of sp³-hybridized carbons (Fsp3) is 0.619. The van der Waals surface area contributed by atoms with Crippen molar-refractivity contribution in [2.45, 2.75) is 37.1 Å². The molecule has 4 N–H and O–H groups in total. The van der Waals surface area contributed by atoms with Crippen LogP contribution in [0, 0.1) is 5.92 Å². The summed E-state index contributed by atoms with van der Waals surface area (Å²) in [5, 5.41) is 27.0. The molecule has 1 aromatic carbocycles. The van der Waals surface area contributed by atoms with E-state index in [1.807, 2.05) is 0 Å². The maximum Gasteiger partial charge on any atom is 0.573 e. The van der Waals surface area contributed by atoms with Gasteiger partial charge < -0.3 is 35.2 Å². The summed E-state index contributed by atoms with van der Waals surface area (Å²) in [6.07, 6.45) is -7.10. The van der Waals surface area contributed by atoms with Gasteiger partial charge in [-0.05, 0) is 42.9 Å². The lowest BCUT2D eigenvalue weighted by atomic mass is 9.77. The molecule has 2 heterocycles. The van der Waals surface area contributed by atoms with Crippen LogP contribution in [0.1, 0.15) is 6.42 Å². The highest BCUT2D eigenvalue weighted by atomic mass is 32.1. The van der Waals surface area contributed by atoms with Gasteiger partial charge in [-0.25, -0.2) is 0 Å². The second kappa shape index (κ2) is 10.2. The Balaban J connectivity index is 1.49. The van der Waals surface area contributed by atoms with Crippen molar-refractivity contribution in [3.8, 4) is 5.75 Å². The molecule has 0 spiro atoms. The van der Waals surface area contributed by atoms with Crippen LogP contribution in [-0.4, -0.2) is 96.2 Å². The Kier molecular flexibility index (Phi) is 7.48. The molecule has 2 aliphatic heterocycles. The van der Waals surface area contributed by atoms with Crippen LogP contribution in [-0.2, 0) is 9.53 Å². The molecule has 1 aromatic rings. The molecule has 9 nitrogen and oxygen atoms in total. The van der Waals surface area contributed by atoms with Gasteiger partial charge in [0.1, 0.15) is 11.9 Å². The fourth-order valence-electron chi connectivity index (χ4n) is 4.74. The number of alkyl halides is 3. The lowest BCUT2D eigenvalue weighted by molar-refractivity contribution is -0.274. The Morgan fingerprint density at radius 1 is 1.24 bits per heavy atom. The normalized spacial score (nSPS) is 30.0. The molecule has 0 bridgehead atoms. The van der Waals surface area contributed by atoms with E-state index < -0.39 is 36.6 Å². The number of benzene rings is 1. The van der Waals surface area contributed by atoms with E-state index in [1.54, 1.807) is 4.90 Å². The quantitative estimate of drug-likeness (QED) is 0.405. The minimum atomic E-state index is -4.81. The van der Waals surface area contributed by atoms with Gasteiger partial charge in [-0.2, -0.15) is 0 Å². The van der Waals surface area contributed by atoms with E-state index in [-0.39, 0.29) is 23.2 Å². The van der Waals surface area contributed by atoms with Crippen molar-refractivity contribution in [1.29, 1.82) is 0 Å². The maximum absolute atomic E-state index is 13.1. The number of halogens is 3. The highest BCUT2D eigenvalue weighted by molar-refractivity contribution is 7.80. The summed E-state index contributed by atoms with van der Waals surface area (Å²) >= 11 is 5.42. The molecule has 4 rings (SSSR count). The number of hydrogen-bond acceptors (Lipinski definition) is 7.